The molecule has 0 radical (unpaired) electrons. The Morgan fingerprint density at radius 1 is 0.923 bits per heavy atom. The number of nitrogens with two attached hydrogens (primary N) is 1. The minimum atomic E-state index is -0.994. The summed E-state index contributed by atoms with van der Waals surface area (Å²) < 4.78 is 13.7. The normalized spacial score (nSPS) is 24.1. The van der Waals surface area contributed by atoms with Crippen LogP contribution in [0, 0.1) is 0 Å². The van der Waals surface area contributed by atoms with E-state index in [9.17, 15) is 28.8 Å². The standard InChI is InChI=1S/C46H53ClN10O8/c1-24(2)55-36-8-5-28(15-27(36)16-38(45(55)63)64-23-39(48)58)50-41-35(47)20-49-46(52-41)53-13-11-31(12-14-53)65-32-17-30(18-32)56-25(3)21-54(22-26(56)4)29-6-7-33-34(19-29)44(62)57(43(33)61)37-9-10-40(59)51-42(37)60/h5-8,15-16,19-20,24-26,30-32,37H,9-14,17-18,21-23H2,1-4H3,(H2,48,58)(H,49,50,52)(H,51,59,60)/t25-,26-,30?,32?,37?/m1/s1. The van der Waals surface area contributed by atoms with Crippen molar-refractivity contribution in [1.29, 1.82) is 0 Å². The summed E-state index contributed by atoms with van der Waals surface area (Å²) in [4.78, 5) is 92.8. The number of nitrogens with zero attached hydrogens (tertiary/aromatic N) is 7. The number of primary amides is 1. The fourth-order valence-electron chi connectivity index (χ4n) is 10.2. The zero-order valence-corrected chi connectivity index (χ0v) is 37.5. The summed E-state index contributed by atoms with van der Waals surface area (Å²) in [7, 11) is 0. The van der Waals surface area contributed by atoms with E-state index in [1.807, 2.05) is 38.1 Å². The molecule has 0 bridgehead atoms. The van der Waals surface area contributed by atoms with Crippen LogP contribution in [0.4, 0.5) is 23.1 Å². The molecule has 4 aromatic rings. The van der Waals surface area contributed by atoms with E-state index >= 15 is 0 Å². The fraction of sp³-hybridized carbons (Fsp3) is 0.478. The van der Waals surface area contributed by atoms with Gasteiger partial charge in [-0.3, -0.25) is 43.9 Å². The molecule has 5 aliphatic rings. The number of benzene rings is 2. The number of pyridine rings is 1. The van der Waals surface area contributed by atoms with Crippen molar-refractivity contribution in [2.75, 3.05) is 47.9 Å². The Morgan fingerprint density at radius 3 is 2.34 bits per heavy atom. The van der Waals surface area contributed by atoms with E-state index in [0.29, 0.717) is 34.0 Å². The predicted octanol–water partition coefficient (Wildman–Crippen LogP) is 4.15. The summed E-state index contributed by atoms with van der Waals surface area (Å²) in [6.45, 7) is 10.8. The highest BCUT2D eigenvalue weighted by Gasteiger charge is 2.46. The third-order valence-corrected chi connectivity index (χ3v) is 13.5. The van der Waals surface area contributed by atoms with Crippen LogP contribution in [-0.2, 0) is 19.1 Å². The molecule has 4 N–H and O–H groups in total. The first-order valence-corrected chi connectivity index (χ1v) is 22.7. The molecular weight excluding hydrogens is 856 g/mol. The average molecular weight is 909 g/mol. The molecule has 3 atom stereocenters. The van der Waals surface area contributed by atoms with Gasteiger partial charge in [-0.1, -0.05) is 11.6 Å². The van der Waals surface area contributed by atoms with Crippen LogP contribution < -0.4 is 36.5 Å². The van der Waals surface area contributed by atoms with Gasteiger partial charge in [0.15, 0.2) is 18.2 Å². The zero-order valence-electron chi connectivity index (χ0n) is 36.8. The molecule has 18 nitrogen and oxygen atoms in total. The van der Waals surface area contributed by atoms with Crippen molar-refractivity contribution in [2.45, 2.75) is 109 Å². The lowest BCUT2D eigenvalue weighted by Gasteiger charge is -2.53. The molecule has 4 aliphatic heterocycles. The van der Waals surface area contributed by atoms with E-state index < -0.39 is 42.2 Å². The first-order valence-electron chi connectivity index (χ1n) is 22.3. The average Bonchev–Trinajstić information content (AvgIpc) is 3.50. The molecule has 5 amide bonds. The van der Waals surface area contributed by atoms with Crippen molar-refractivity contribution in [1.82, 2.24) is 29.7 Å². The first-order chi connectivity index (χ1) is 31.1. The molecule has 2 aromatic heterocycles. The highest BCUT2D eigenvalue weighted by atomic mass is 35.5. The second-order valence-electron chi connectivity index (χ2n) is 18.1. The summed E-state index contributed by atoms with van der Waals surface area (Å²) in [5.41, 5.74) is 7.75. The number of fused-ring (bicyclic) bond motifs is 2. The molecule has 1 unspecified atom stereocenters. The summed E-state index contributed by atoms with van der Waals surface area (Å²) in [5, 5.41) is 6.63. The minimum Gasteiger partial charge on any atom is -0.478 e. The van der Waals surface area contributed by atoms with Crippen LogP contribution in [0.25, 0.3) is 10.9 Å². The maximum Gasteiger partial charge on any atom is 0.293 e. The van der Waals surface area contributed by atoms with Gasteiger partial charge in [0.05, 0.1) is 35.0 Å². The summed E-state index contributed by atoms with van der Waals surface area (Å²) in [6.07, 6.45) is 5.70. The number of carbonyl (C=O) groups is 5. The van der Waals surface area contributed by atoms with Crippen molar-refractivity contribution in [3.8, 4) is 5.75 Å². The van der Waals surface area contributed by atoms with Gasteiger partial charge in [-0.25, -0.2) is 4.98 Å². The number of amides is 5. The Kier molecular flexibility index (Phi) is 12.0. The smallest absolute Gasteiger partial charge is 0.293 e. The number of anilines is 4. The van der Waals surface area contributed by atoms with Gasteiger partial charge in [-0.2, -0.15) is 4.98 Å². The summed E-state index contributed by atoms with van der Waals surface area (Å²) in [5.74, 6) is -1.66. The molecule has 0 spiro atoms. The minimum absolute atomic E-state index is 0.0343. The molecule has 4 fully saturated rings. The number of piperazine rings is 1. The van der Waals surface area contributed by atoms with Gasteiger partial charge >= 0.3 is 0 Å². The van der Waals surface area contributed by atoms with Crippen molar-refractivity contribution in [2.24, 2.45) is 5.73 Å². The number of halogens is 1. The molecule has 342 valence electrons. The first kappa shape index (κ1) is 44.1. The third kappa shape index (κ3) is 8.61. The van der Waals surface area contributed by atoms with Gasteiger partial charge in [0.1, 0.15) is 11.1 Å². The SMILES string of the molecule is CC(C)n1c(=O)c(OCC(N)=O)cc2cc(Nc3nc(N4CCC(OC5CC(N6[C@H](C)CN(c7ccc8c(c7)C(=O)N(C7CCC(=O)NC7=O)C8=O)C[C@H]6C)C5)CC4)ncc3Cl)ccc21. The fourth-order valence-corrected chi connectivity index (χ4v) is 10.3. The van der Waals surface area contributed by atoms with Gasteiger partial charge in [-0.05, 0) is 102 Å². The highest BCUT2D eigenvalue weighted by molar-refractivity contribution is 6.33. The van der Waals surface area contributed by atoms with E-state index in [1.54, 1.807) is 29.0 Å². The van der Waals surface area contributed by atoms with E-state index in [2.05, 4.69) is 44.2 Å². The number of hydrogen-bond donors (Lipinski definition) is 3. The molecule has 1 aliphatic carbocycles. The molecular formula is C46H53ClN10O8. The molecule has 65 heavy (non-hydrogen) atoms. The van der Waals surface area contributed by atoms with Crippen LogP contribution in [0.5, 0.6) is 5.75 Å². The Hall–Kier alpha value is -6.11. The van der Waals surface area contributed by atoms with Gasteiger partial charge in [0, 0.05) is 73.5 Å². The highest BCUT2D eigenvalue weighted by Crippen LogP contribution is 2.38. The van der Waals surface area contributed by atoms with Crippen LogP contribution in [0.3, 0.4) is 0 Å². The number of aromatic nitrogens is 3. The van der Waals surface area contributed by atoms with E-state index in [4.69, 9.17) is 31.8 Å². The Labute approximate surface area is 380 Å². The topological polar surface area (TPSA) is 215 Å². The predicted molar refractivity (Wildman–Crippen MR) is 243 cm³/mol. The van der Waals surface area contributed by atoms with Crippen LogP contribution in [-0.4, -0.2) is 123 Å². The molecule has 2 aromatic carbocycles. The molecule has 19 heteroatoms. The van der Waals surface area contributed by atoms with Gasteiger partial charge in [0.25, 0.3) is 23.3 Å². The number of rotatable bonds is 12. The number of imide groups is 2. The Balaban J connectivity index is 0.767. The number of hydrogen-bond acceptors (Lipinski definition) is 14. The monoisotopic (exact) mass is 908 g/mol. The summed E-state index contributed by atoms with van der Waals surface area (Å²) >= 11 is 6.59. The van der Waals surface area contributed by atoms with Crippen LogP contribution in [0.2, 0.25) is 5.02 Å². The second kappa shape index (κ2) is 17.7. The lowest BCUT2D eigenvalue weighted by molar-refractivity contribution is -0.136. The van der Waals surface area contributed by atoms with E-state index in [0.717, 1.165) is 67.8 Å². The number of piperidine rings is 2. The van der Waals surface area contributed by atoms with E-state index in [-0.39, 0.29) is 65.6 Å². The van der Waals surface area contributed by atoms with Crippen molar-refractivity contribution in [3.05, 3.63) is 75.2 Å². The largest absolute Gasteiger partial charge is 0.478 e. The lowest BCUT2D eigenvalue weighted by atomic mass is 9.84. The maximum absolute atomic E-state index is 13.5. The second-order valence-corrected chi connectivity index (χ2v) is 18.5. The number of carbonyl (C=O) groups excluding carboxylic acids is 5. The Bertz CT molecular complexity index is 2630. The quantitative estimate of drug-likeness (QED) is 0.171. The molecule has 3 saturated heterocycles. The number of nitrogens with one attached hydrogen (secondary N) is 2. The van der Waals surface area contributed by atoms with Crippen LogP contribution in [0.1, 0.15) is 93.0 Å². The van der Waals surface area contributed by atoms with Crippen LogP contribution in [0.15, 0.2) is 53.5 Å². The van der Waals surface area contributed by atoms with Gasteiger partial charge in [-0.15, -0.1) is 0 Å². The van der Waals surface area contributed by atoms with E-state index in [1.165, 1.54) is 0 Å². The molecule has 1 saturated carbocycles. The molecule has 9 rings (SSSR count). The lowest BCUT2D eigenvalue weighted by Crippen LogP contribution is -2.63. The maximum atomic E-state index is 13.5. The van der Waals surface area contributed by atoms with Gasteiger partial charge < -0.3 is 34.9 Å². The van der Waals surface area contributed by atoms with Crippen molar-refractivity contribution >= 4 is 75.2 Å². The van der Waals surface area contributed by atoms with Crippen LogP contribution >= 0.6 is 11.6 Å². The van der Waals surface area contributed by atoms with Crippen molar-refractivity contribution < 1.29 is 33.4 Å². The Morgan fingerprint density at radius 2 is 1.65 bits per heavy atom. The summed E-state index contributed by atoms with van der Waals surface area (Å²) in [6, 6.07) is 12.2. The molecule has 6 heterocycles. The number of ether oxygens (including phenoxy) is 2. The van der Waals surface area contributed by atoms with Gasteiger partial charge in [0.2, 0.25) is 17.8 Å². The zero-order chi connectivity index (χ0) is 45.8. The third-order valence-electron chi connectivity index (χ3n) is 13.3. The van der Waals surface area contributed by atoms with Crippen molar-refractivity contribution in [3.63, 3.8) is 0 Å².